The van der Waals surface area contributed by atoms with Crippen LogP contribution in [0.25, 0.3) is 10.9 Å². The Morgan fingerprint density at radius 2 is 1.83 bits per heavy atom. The summed E-state index contributed by atoms with van der Waals surface area (Å²) in [5.74, 6) is 0.129. The Hall–Kier alpha value is -3.39. The molecule has 2 aromatic carbocycles. The van der Waals surface area contributed by atoms with Crippen LogP contribution < -0.4 is 4.74 Å². The predicted molar refractivity (Wildman–Crippen MR) is 130 cm³/mol. The Bertz CT molecular complexity index is 1290. The molecule has 3 aromatic rings. The zero-order valence-electron chi connectivity index (χ0n) is 20.3. The standard InChI is InChI=1S/C27H30FN3O4/c1-17(33)30-12-10-27(11-13-30)16-31(26(34)18-4-6-19(28)7-5-18)23(15-32)25-24(27)21-9-8-20(35-3)14-22(21)29(25)2/h4-9,14,23,32H,10-13,15-16H2,1-3H3/t23-/m1/s1. The fraction of sp³-hybridized carbons (Fsp3) is 0.407. The van der Waals surface area contributed by atoms with E-state index in [0.717, 1.165) is 27.9 Å². The topological polar surface area (TPSA) is 75.0 Å². The molecule has 1 fully saturated rings. The fourth-order valence-electron chi connectivity index (χ4n) is 5.99. The number of likely N-dealkylation sites (tertiary alicyclic amines) is 1. The highest BCUT2D eigenvalue weighted by atomic mass is 19.1. The second kappa shape index (κ2) is 8.68. The minimum Gasteiger partial charge on any atom is -0.497 e. The second-order valence-electron chi connectivity index (χ2n) is 9.63. The maximum absolute atomic E-state index is 13.7. The zero-order chi connectivity index (χ0) is 24.9. The number of nitrogens with zero attached hydrogens (tertiary/aromatic N) is 3. The van der Waals surface area contributed by atoms with Crippen molar-refractivity contribution in [3.05, 3.63) is 65.1 Å². The van der Waals surface area contributed by atoms with E-state index < -0.39 is 11.9 Å². The van der Waals surface area contributed by atoms with Gasteiger partial charge in [0.2, 0.25) is 5.91 Å². The minimum atomic E-state index is -0.553. The van der Waals surface area contributed by atoms with Crippen molar-refractivity contribution in [2.45, 2.75) is 31.2 Å². The molecular formula is C27H30FN3O4. The van der Waals surface area contributed by atoms with Crippen molar-refractivity contribution in [1.82, 2.24) is 14.4 Å². The van der Waals surface area contributed by atoms with Crippen LogP contribution >= 0.6 is 0 Å². The lowest BCUT2D eigenvalue weighted by Crippen LogP contribution is -2.56. The Kier molecular flexibility index (Phi) is 5.79. The summed E-state index contributed by atoms with van der Waals surface area (Å²) < 4.78 is 21.1. The molecule has 0 radical (unpaired) electrons. The van der Waals surface area contributed by atoms with Crippen LogP contribution in [0.15, 0.2) is 42.5 Å². The van der Waals surface area contributed by atoms with E-state index >= 15 is 0 Å². The monoisotopic (exact) mass is 479 g/mol. The molecular weight excluding hydrogens is 449 g/mol. The normalized spacial score (nSPS) is 19.2. The summed E-state index contributed by atoms with van der Waals surface area (Å²) in [6.45, 7) is 2.96. The molecule has 1 spiro atoms. The quantitative estimate of drug-likeness (QED) is 0.625. The number of aliphatic hydroxyl groups is 1. The number of aromatic nitrogens is 1. The van der Waals surface area contributed by atoms with Crippen molar-refractivity contribution in [3.63, 3.8) is 0 Å². The molecule has 0 bridgehead atoms. The molecule has 1 aromatic heterocycles. The average Bonchev–Trinajstić information content (AvgIpc) is 3.17. The number of benzene rings is 2. The lowest BCUT2D eigenvalue weighted by Gasteiger charge is -2.50. The molecule has 0 unspecified atom stereocenters. The second-order valence-corrected chi connectivity index (χ2v) is 9.63. The molecule has 0 saturated carbocycles. The van der Waals surface area contributed by atoms with Gasteiger partial charge in [-0.15, -0.1) is 0 Å². The highest BCUT2D eigenvalue weighted by Crippen LogP contribution is 2.50. The van der Waals surface area contributed by atoms with Crippen molar-refractivity contribution in [2.75, 3.05) is 33.4 Å². The summed E-state index contributed by atoms with van der Waals surface area (Å²) >= 11 is 0. The third-order valence-corrected chi connectivity index (χ3v) is 7.84. The molecule has 184 valence electrons. The number of carbonyl (C=O) groups excluding carboxylic acids is 2. The van der Waals surface area contributed by atoms with Gasteiger partial charge >= 0.3 is 0 Å². The molecule has 2 amide bonds. The number of carbonyl (C=O) groups is 2. The highest BCUT2D eigenvalue weighted by molar-refractivity contribution is 5.96. The number of piperidine rings is 1. The van der Waals surface area contributed by atoms with Gasteiger partial charge in [0.1, 0.15) is 11.6 Å². The Labute approximate surface area is 203 Å². The van der Waals surface area contributed by atoms with E-state index in [9.17, 15) is 19.1 Å². The van der Waals surface area contributed by atoms with Crippen LogP contribution in [0, 0.1) is 5.82 Å². The van der Waals surface area contributed by atoms with Gasteiger partial charge in [-0.25, -0.2) is 4.39 Å². The first-order valence-electron chi connectivity index (χ1n) is 11.9. The van der Waals surface area contributed by atoms with E-state index in [1.54, 1.807) is 18.9 Å². The first-order chi connectivity index (χ1) is 16.8. The van der Waals surface area contributed by atoms with Gasteiger partial charge in [-0.2, -0.15) is 0 Å². The van der Waals surface area contributed by atoms with Gasteiger partial charge in [0.25, 0.3) is 5.91 Å². The van der Waals surface area contributed by atoms with Crippen molar-refractivity contribution in [1.29, 1.82) is 0 Å². The number of hydrogen-bond donors (Lipinski definition) is 1. The van der Waals surface area contributed by atoms with E-state index in [-0.39, 0.29) is 23.8 Å². The largest absolute Gasteiger partial charge is 0.497 e. The van der Waals surface area contributed by atoms with E-state index in [4.69, 9.17) is 4.74 Å². The summed E-state index contributed by atoms with van der Waals surface area (Å²) in [5.41, 5.74) is 3.01. The molecule has 3 heterocycles. The third kappa shape index (κ3) is 3.67. The maximum atomic E-state index is 13.7. The van der Waals surface area contributed by atoms with Gasteiger partial charge < -0.3 is 24.2 Å². The summed E-state index contributed by atoms with van der Waals surface area (Å²) in [6, 6.07) is 10.9. The number of ether oxygens (including phenoxy) is 1. The lowest BCUT2D eigenvalue weighted by molar-refractivity contribution is -0.130. The number of hydrogen-bond acceptors (Lipinski definition) is 4. The molecule has 1 N–H and O–H groups in total. The predicted octanol–water partition coefficient (Wildman–Crippen LogP) is 3.40. The SMILES string of the molecule is COc1ccc2c3c(n(C)c2c1)[C@@H](CO)N(C(=O)c1ccc(F)cc1)CC31CCN(C(C)=O)CC1. The summed E-state index contributed by atoms with van der Waals surface area (Å²) in [5, 5.41) is 11.6. The molecule has 2 aliphatic heterocycles. The highest BCUT2D eigenvalue weighted by Gasteiger charge is 2.49. The van der Waals surface area contributed by atoms with Crippen LogP contribution in [0.3, 0.4) is 0 Å². The molecule has 2 aliphatic rings. The molecule has 35 heavy (non-hydrogen) atoms. The van der Waals surface area contributed by atoms with Crippen LogP contribution in [-0.4, -0.2) is 64.6 Å². The van der Waals surface area contributed by atoms with Gasteiger partial charge in [0.05, 0.1) is 25.3 Å². The number of amides is 2. The van der Waals surface area contributed by atoms with Gasteiger partial charge in [0, 0.05) is 61.7 Å². The summed E-state index contributed by atoms with van der Waals surface area (Å²) in [7, 11) is 3.58. The first kappa shape index (κ1) is 23.4. The number of aliphatic hydroxyl groups excluding tert-OH is 1. The van der Waals surface area contributed by atoms with E-state index in [1.165, 1.54) is 24.3 Å². The Morgan fingerprint density at radius 1 is 1.14 bits per heavy atom. The number of methoxy groups -OCH3 is 1. The Morgan fingerprint density at radius 3 is 2.43 bits per heavy atom. The molecule has 1 saturated heterocycles. The van der Waals surface area contributed by atoms with Crippen molar-refractivity contribution in [3.8, 4) is 5.75 Å². The van der Waals surface area contributed by atoms with Crippen LogP contribution in [0.2, 0.25) is 0 Å². The number of aryl methyl sites for hydroxylation is 1. The smallest absolute Gasteiger partial charge is 0.254 e. The van der Waals surface area contributed by atoms with Gasteiger partial charge in [0.15, 0.2) is 0 Å². The lowest BCUT2D eigenvalue weighted by atomic mass is 9.68. The summed E-state index contributed by atoms with van der Waals surface area (Å²) in [6.07, 6.45) is 1.41. The van der Waals surface area contributed by atoms with Crippen LogP contribution in [-0.2, 0) is 17.3 Å². The number of halogens is 1. The van der Waals surface area contributed by atoms with Gasteiger partial charge in [-0.05, 0) is 54.8 Å². The van der Waals surface area contributed by atoms with E-state index in [0.29, 0.717) is 38.0 Å². The summed E-state index contributed by atoms with van der Waals surface area (Å²) in [4.78, 5) is 29.4. The molecule has 1 atom stereocenters. The van der Waals surface area contributed by atoms with Crippen molar-refractivity contribution < 1.29 is 23.8 Å². The average molecular weight is 480 g/mol. The van der Waals surface area contributed by atoms with Gasteiger partial charge in [-0.1, -0.05) is 0 Å². The van der Waals surface area contributed by atoms with Crippen LogP contribution in [0.1, 0.15) is 47.4 Å². The first-order valence-corrected chi connectivity index (χ1v) is 11.9. The third-order valence-electron chi connectivity index (χ3n) is 7.84. The number of fused-ring (bicyclic) bond motifs is 4. The minimum absolute atomic E-state index is 0.0472. The molecule has 7 nitrogen and oxygen atoms in total. The fourth-order valence-corrected chi connectivity index (χ4v) is 5.99. The van der Waals surface area contributed by atoms with E-state index in [2.05, 4.69) is 10.6 Å². The zero-order valence-corrected chi connectivity index (χ0v) is 20.3. The number of rotatable bonds is 3. The van der Waals surface area contributed by atoms with Crippen LogP contribution in [0.4, 0.5) is 4.39 Å². The van der Waals surface area contributed by atoms with Crippen molar-refractivity contribution in [2.24, 2.45) is 7.05 Å². The molecule has 0 aliphatic carbocycles. The van der Waals surface area contributed by atoms with Crippen LogP contribution in [0.5, 0.6) is 5.75 Å². The Balaban J connectivity index is 1.69. The molecule has 5 rings (SSSR count). The van der Waals surface area contributed by atoms with E-state index in [1.807, 2.05) is 24.1 Å². The van der Waals surface area contributed by atoms with Gasteiger partial charge in [-0.3, -0.25) is 9.59 Å². The maximum Gasteiger partial charge on any atom is 0.254 e. The van der Waals surface area contributed by atoms with Crippen molar-refractivity contribution >= 4 is 22.7 Å². The molecule has 8 heteroatoms.